The van der Waals surface area contributed by atoms with Gasteiger partial charge >= 0.3 is 0 Å². The molecule has 3 aromatic carbocycles. The smallest absolute Gasteiger partial charge is 0.264 e. The normalized spacial score (nSPS) is 16.8. The van der Waals surface area contributed by atoms with Gasteiger partial charge in [-0.15, -0.1) is 11.3 Å². The first kappa shape index (κ1) is 24.2. The van der Waals surface area contributed by atoms with Gasteiger partial charge in [-0.3, -0.25) is 4.79 Å². The van der Waals surface area contributed by atoms with E-state index >= 15 is 0 Å². The van der Waals surface area contributed by atoms with Gasteiger partial charge in [-0.25, -0.2) is 4.98 Å². The number of aryl methyl sites for hydroxylation is 2. The minimum absolute atomic E-state index is 0.0681. The zero-order valence-corrected chi connectivity index (χ0v) is 21.5. The summed E-state index contributed by atoms with van der Waals surface area (Å²) >= 11 is 1.59. The molecular formula is C30H30N2O3S. The molecule has 0 saturated carbocycles. The van der Waals surface area contributed by atoms with Crippen molar-refractivity contribution in [1.29, 1.82) is 0 Å². The lowest BCUT2D eigenvalue weighted by molar-refractivity contribution is -0.151. The van der Waals surface area contributed by atoms with Crippen LogP contribution >= 0.6 is 11.3 Å². The largest absolute Gasteiger partial charge is 0.497 e. The van der Waals surface area contributed by atoms with E-state index in [2.05, 4.69) is 17.1 Å². The van der Waals surface area contributed by atoms with E-state index in [0.29, 0.717) is 19.6 Å². The van der Waals surface area contributed by atoms with E-state index in [1.54, 1.807) is 18.4 Å². The Morgan fingerprint density at radius 2 is 1.78 bits per heavy atom. The summed E-state index contributed by atoms with van der Waals surface area (Å²) in [4.78, 5) is 21.2. The van der Waals surface area contributed by atoms with Crippen LogP contribution in [0.4, 0.5) is 5.69 Å². The van der Waals surface area contributed by atoms with Gasteiger partial charge in [-0.2, -0.15) is 0 Å². The summed E-state index contributed by atoms with van der Waals surface area (Å²) in [6.07, 6.45) is 2.44. The second kappa shape index (κ2) is 10.6. The number of fused-ring (bicyclic) bond motifs is 1. The summed E-state index contributed by atoms with van der Waals surface area (Å²) < 4.78 is 12.1. The lowest BCUT2D eigenvalue weighted by Gasteiger charge is -2.41. The Morgan fingerprint density at radius 3 is 2.50 bits per heavy atom. The molecule has 0 aliphatic heterocycles. The third-order valence-electron chi connectivity index (χ3n) is 6.72. The zero-order valence-electron chi connectivity index (χ0n) is 20.6. The Morgan fingerprint density at radius 1 is 1.03 bits per heavy atom. The van der Waals surface area contributed by atoms with E-state index in [-0.39, 0.29) is 5.91 Å². The average molecular weight is 499 g/mol. The molecule has 6 heteroatoms. The predicted molar refractivity (Wildman–Crippen MR) is 143 cm³/mol. The highest BCUT2D eigenvalue weighted by atomic mass is 32.1. The van der Waals surface area contributed by atoms with E-state index in [4.69, 9.17) is 9.47 Å². The molecule has 36 heavy (non-hydrogen) atoms. The molecule has 5 rings (SSSR count). The Kier molecular flexibility index (Phi) is 7.16. The highest BCUT2D eigenvalue weighted by Gasteiger charge is 2.47. The molecule has 5 nitrogen and oxygen atoms in total. The molecule has 0 spiro atoms. The van der Waals surface area contributed by atoms with E-state index in [1.165, 1.54) is 5.56 Å². The highest BCUT2D eigenvalue weighted by Crippen LogP contribution is 2.42. The van der Waals surface area contributed by atoms with Gasteiger partial charge < -0.3 is 14.4 Å². The number of carbonyl (C=O) groups is 1. The third-order valence-corrected chi connectivity index (χ3v) is 7.54. The van der Waals surface area contributed by atoms with Gasteiger partial charge in [0.05, 0.1) is 31.0 Å². The summed E-state index contributed by atoms with van der Waals surface area (Å²) in [5, 5.41) is 3.00. The molecule has 0 N–H and O–H groups in total. The maximum Gasteiger partial charge on any atom is 0.264 e. The van der Waals surface area contributed by atoms with Crippen LogP contribution in [0.1, 0.15) is 40.2 Å². The van der Waals surface area contributed by atoms with E-state index in [1.807, 2.05) is 83.9 Å². The van der Waals surface area contributed by atoms with Crippen molar-refractivity contribution in [3.05, 3.63) is 112 Å². The predicted octanol–water partition coefficient (Wildman–Crippen LogP) is 6.44. The van der Waals surface area contributed by atoms with Gasteiger partial charge in [0.1, 0.15) is 5.75 Å². The van der Waals surface area contributed by atoms with Crippen molar-refractivity contribution < 1.29 is 14.3 Å². The second-order valence-electron chi connectivity index (χ2n) is 9.06. The minimum Gasteiger partial charge on any atom is -0.497 e. The fourth-order valence-corrected chi connectivity index (χ4v) is 5.52. The van der Waals surface area contributed by atoms with Gasteiger partial charge in [-0.05, 0) is 67.1 Å². The summed E-state index contributed by atoms with van der Waals surface area (Å²) in [7, 11) is 1.64. The first-order valence-electron chi connectivity index (χ1n) is 12.2. The molecule has 0 radical (unpaired) electrons. The monoisotopic (exact) mass is 498 g/mol. The maximum atomic E-state index is 14.7. The number of aromatic nitrogens is 1. The quantitative estimate of drug-likeness (QED) is 0.280. The topological polar surface area (TPSA) is 51.7 Å². The van der Waals surface area contributed by atoms with E-state index in [9.17, 15) is 4.79 Å². The van der Waals surface area contributed by atoms with Crippen molar-refractivity contribution in [2.75, 3.05) is 12.0 Å². The molecule has 1 amide bonds. The van der Waals surface area contributed by atoms with Crippen LogP contribution in [0, 0.1) is 6.92 Å². The number of nitrogens with zero attached hydrogens (tertiary/aromatic N) is 2. The van der Waals surface area contributed by atoms with Crippen LogP contribution in [0.3, 0.4) is 0 Å². The van der Waals surface area contributed by atoms with Crippen LogP contribution in [0.15, 0.2) is 84.2 Å². The number of hydrogen-bond acceptors (Lipinski definition) is 5. The molecule has 4 aromatic rings. The standard InChI is InChI=1S/C30H30N2O3S/c1-22-31-25(21-36-22)19-32(26-14-16-27(34-2)17-15-26)29(33)30(35-20-23-9-4-3-5-10-23)18-8-12-24-11-6-7-13-28(24)30/h3-7,9-11,13-17,21H,8,12,18-20H2,1-2H3. The number of benzene rings is 3. The number of hydrogen-bond donors (Lipinski definition) is 0. The molecule has 1 aliphatic rings. The lowest BCUT2D eigenvalue weighted by atomic mass is 9.77. The number of rotatable bonds is 8. The Labute approximate surface area is 216 Å². The highest BCUT2D eigenvalue weighted by molar-refractivity contribution is 7.09. The summed E-state index contributed by atoms with van der Waals surface area (Å²) in [5.74, 6) is 0.676. The molecule has 0 bridgehead atoms. The molecule has 1 unspecified atom stereocenters. The maximum absolute atomic E-state index is 14.7. The van der Waals surface area contributed by atoms with Crippen LogP contribution in [-0.2, 0) is 34.7 Å². The van der Waals surface area contributed by atoms with Crippen LogP contribution in [0.2, 0.25) is 0 Å². The minimum atomic E-state index is -1.09. The van der Waals surface area contributed by atoms with Crippen LogP contribution in [-0.4, -0.2) is 18.0 Å². The Bertz CT molecular complexity index is 1320. The number of carbonyl (C=O) groups excluding carboxylic acids is 1. The van der Waals surface area contributed by atoms with Crippen molar-refractivity contribution in [3.63, 3.8) is 0 Å². The third kappa shape index (κ3) is 4.92. The van der Waals surface area contributed by atoms with Crippen LogP contribution < -0.4 is 9.64 Å². The summed E-state index contributed by atoms with van der Waals surface area (Å²) in [5.41, 5.74) is 3.74. The number of anilines is 1. The van der Waals surface area contributed by atoms with Crippen LogP contribution in [0.25, 0.3) is 0 Å². The molecule has 1 aliphatic carbocycles. The average Bonchev–Trinajstić information content (AvgIpc) is 3.35. The first-order valence-corrected chi connectivity index (χ1v) is 13.1. The van der Waals surface area contributed by atoms with Gasteiger partial charge in [0, 0.05) is 11.1 Å². The second-order valence-corrected chi connectivity index (χ2v) is 10.1. The van der Waals surface area contributed by atoms with E-state index < -0.39 is 5.60 Å². The van der Waals surface area contributed by atoms with Crippen molar-refractivity contribution >= 4 is 22.9 Å². The molecule has 184 valence electrons. The molecule has 0 saturated heterocycles. The summed E-state index contributed by atoms with van der Waals surface area (Å²) in [6, 6.07) is 25.9. The van der Waals surface area contributed by atoms with Crippen molar-refractivity contribution in [3.8, 4) is 5.75 Å². The zero-order chi connectivity index (χ0) is 25.0. The number of ether oxygens (including phenoxy) is 2. The van der Waals surface area contributed by atoms with Crippen LogP contribution in [0.5, 0.6) is 5.75 Å². The fourth-order valence-electron chi connectivity index (χ4n) is 4.91. The van der Waals surface area contributed by atoms with Gasteiger partial charge in [-0.1, -0.05) is 54.6 Å². The molecular weight excluding hydrogens is 468 g/mol. The fraction of sp³-hybridized carbons (Fsp3) is 0.267. The summed E-state index contributed by atoms with van der Waals surface area (Å²) in [6.45, 7) is 2.71. The SMILES string of the molecule is COc1ccc(N(Cc2csc(C)n2)C(=O)C2(OCc3ccccc3)CCCc3ccccc32)cc1. The lowest BCUT2D eigenvalue weighted by Crippen LogP contribution is -2.50. The Balaban J connectivity index is 1.58. The number of amides is 1. The van der Waals surface area contributed by atoms with Gasteiger partial charge in [0.2, 0.25) is 0 Å². The van der Waals surface area contributed by atoms with Crippen molar-refractivity contribution in [2.24, 2.45) is 0 Å². The van der Waals surface area contributed by atoms with E-state index in [0.717, 1.165) is 46.1 Å². The molecule has 0 fully saturated rings. The molecule has 1 atom stereocenters. The molecule has 1 aromatic heterocycles. The Hall–Kier alpha value is -3.48. The van der Waals surface area contributed by atoms with Crippen molar-refractivity contribution in [2.45, 2.75) is 44.9 Å². The van der Waals surface area contributed by atoms with Crippen molar-refractivity contribution in [1.82, 2.24) is 4.98 Å². The van der Waals surface area contributed by atoms with Gasteiger partial charge in [0.15, 0.2) is 5.60 Å². The molecule has 1 heterocycles. The van der Waals surface area contributed by atoms with Gasteiger partial charge in [0.25, 0.3) is 5.91 Å². The number of thiazole rings is 1. The number of methoxy groups -OCH3 is 1. The first-order chi connectivity index (χ1) is 17.6.